The Morgan fingerprint density at radius 2 is 2.05 bits per heavy atom. The molecule has 0 bridgehead atoms. The maximum Gasteiger partial charge on any atom is 0.328 e. The van der Waals surface area contributed by atoms with E-state index in [1.54, 1.807) is 4.90 Å². The summed E-state index contributed by atoms with van der Waals surface area (Å²) < 4.78 is 6.16. The van der Waals surface area contributed by atoms with E-state index in [0.717, 1.165) is 37.4 Å². The van der Waals surface area contributed by atoms with Crippen LogP contribution in [0.4, 0.5) is 10.5 Å². The van der Waals surface area contributed by atoms with Crippen molar-refractivity contribution in [2.75, 3.05) is 24.5 Å². The van der Waals surface area contributed by atoms with Crippen LogP contribution in [0.3, 0.4) is 0 Å². The van der Waals surface area contributed by atoms with Crippen molar-refractivity contribution < 1.29 is 14.3 Å². The van der Waals surface area contributed by atoms with Crippen molar-refractivity contribution in [2.45, 2.75) is 24.9 Å². The van der Waals surface area contributed by atoms with Crippen LogP contribution in [-0.2, 0) is 11.2 Å². The number of hydrogen-bond donors (Lipinski definition) is 2. The molecule has 3 heterocycles. The summed E-state index contributed by atoms with van der Waals surface area (Å²) in [5, 5.41) is 5.60. The highest BCUT2D eigenvalue weighted by Gasteiger charge is 2.42. The second-order valence-electron chi connectivity index (χ2n) is 5.94. The number of amides is 3. The molecule has 0 radical (unpaired) electrons. The fourth-order valence-electron chi connectivity index (χ4n) is 3.12. The Balaban J connectivity index is 1.61. The van der Waals surface area contributed by atoms with Crippen LogP contribution < -0.4 is 20.3 Å². The lowest BCUT2D eigenvalue weighted by Crippen LogP contribution is -2.64. The molecular weight excluding hydrogens is 270 g/mol. The molecule has 110 valence electrons. The molecule has 21 heavy (non-hydrogen) atoms. The zero-order valence-corrected chi connectivity index (χ0v) is 11.6. The summed E-state index contributed by atoms with van der Waals surface area (Å²) in [5.74, 6) is 0.648. The SMILES string of the molecule is O=C1CCN(c2ccc3c(c2)OC2(CC3)CNC2)C(=O)N1. The Labute approximate surface area is 122 Å². The minimum absolute atomic E-state index is 0.0637. The zero-order valence-electron chi connectivity index (χ0n) is 11.6. The predicted octanol–water partition coefficient (Wildman–Crippen LogP) is 0.800. The third-order valence-electron chi connectivity index (χ3n) is 4.49. The molecule has 0 saturated carbocycles. The number of urea groups is 1. The Morgan fingerprint density at radius 1 is 1.19 bits per heavy atom. The van der Waals surface area contributed by atoms with E-state index >= 15 is 0 Å². The van der Waals surface area contributed by atoms with E-state index in [2.05, 4.69) is 10.6 Å². The van der Waals surface area contributed by atoms with Crippen molar-refractivity contribution in [1.82, 2.24) is 10.6 Å². The van der Waals surface area contributed by atoms with Crippen molar-refractivity contribution in [1.29, 1.82) is 0 Å². The number of carbonyl (C=O) groups is 2. The van der Waals surface area contributed by atoms with E-state index in [4.69, 9.17) is 4.74 Å². The lowest BCUT2D eigenvalue weighted by atomic mass is 9.86. The highest BCUT2D eigenvalue weighted by Crippen LogP contribution is 2.37. The van der Waals surface area contributed by atoms with Crippen molar-refractivity contribution in [3.63, 3.8) is 0 Å². The zero-order chi connectivity index (χ0) is 14.4. The summed E-state index contributed by atoms with van der Waals surface area (Å²) in [5.41, 5.74) is 1.90. The summed E-state index contributed by atoms with van der Waals surface area (Å²) in [4.78, 5) is 24.7. The Kier molecular flexibility index (Phi) is 2.68. The molecule has 2 fully saturated rings. The van der Waals surface area contributed by atoms with Crippen LogP contribution in [0.1, 0.15) is 18.4 Å². The third kappa shape index (κ3) is 2.06. The van der Waals surface area contributed by atoms with Gasteiger partial charge in [0, 0.05) is 37.8 Å². The quantitative estimate of drug-likeness (QED) is 0.801. The first kappa shape index (κ1) is 12.6. The maximum atomic E-state index is 11.9. The highest BCUT2D eigenvalue weighted by molar-refractivity contribution is 6.05. The molecule has 3 aliphatic rings. The van der Waals surface area contributed by atoms with E-state index in [1.807, 2.05) is 18.2 Å². The molecule has 0 aromatic heterocycles. The number of benzene rings is 1. The number of carbonyl (C=O) groups excluding carboxylic acids is 2. The van der Waals surface area contributed by atoms with Crippen LogP contribution >= 0.6 is 0 Å². The van der Waals surface area contributed by atoms with Gasteiger partial charge in [0.05, 0.1) is 0 Å². The Hall–Kier alpha value is -2.08. The average molecular weight is 287 g/mol. The lowest BCUT2D eigenvalue weighted by Gasteiger charge is -2.46. The first-order valence-electron chi connectivity index (χ1n) is 7.29. The second kappa shape index (κ2) is 4.46. The van der Waals surface area contributed by atoms with E-state index in [-0.39, 0.29) is 17.5 Å². The smallest absolute Gasteiger partial charge is 0.328 e. The summed E-state index contributed by atoms with van der Waals surface area (Å²) in [6, 6.07) is 5.51. The topological polar surface area (TPSA) is 70.7 Å². The minimum Gasteiger partial charge on any atom is -0.484 e. The lowest BCUT2D eigenvalue weighted by molar-refractivity contribution is -0.120. The van der Waals surface area contributed by atoms with E-state index in [0.29, 0.717) is 13.0 Å². The van der Waals surface area contributed by atoms with Crippen molar-refractivity contribution in [3.8, 4) is 5.75 Å². The predicted molar refractivity (Wildman–Crippen MR) is 76.5 cm³/mol. The molecule has 1 aromatic rings. The van der Waals surface area contributed by atoms with Crippen molar-refractivity contribution >= 4 is 17.6 Å². The van der Waals surface area contributed by atoms with Gasteiger partial charge in [-0.2, -0.15) is 0 Å². The molecule has 0 unspecified atom stereocenters. The van der Waals surface area contributed by atoms with Crippen LogP contribution in [0.2, 0.25) is 0 Å². The first-order chi connectivity index (χ1) is 10.2. The van der Waals surface area contributed by atoms with Crippen molar-refractivity contribution in [2.24, 2.45) is 0 Å². The van der Waals surface area contributed by atoms with Gasteiger partial charge in [0.1, 0.15) is 11.4 Å². The molecule has 2 saturated heterocycles. The molecule has 4 rings (SSSR count). The maximum absolute atomic E-state index is 11.9. The van der Waals surface area contributed by atoms with E-state index in [9.17, 15) is 9.59 Å². The van der Waals surface area contributed by atoms with Crippen LogP contribution in [0, 0.1) is 0 Å². The molecule has 0 atom stereocenters. The van der Waals surface area contributed by atoms with Crippen LogP contribution in [0.5, 0.6) is 5.75 Å². The van der Waals surface area contributed by atoms with Crippen LogP contribution in [0.25, 0.3) is 0 Å². The molecule has 3 aliphatic heterocycles. The minimum atomic E-state index is -0.359. The molecule has 2 N–H and O–H groups in total. The molecule has 1 aromatic carbocycles. The normalized spacial score (nSPS) is 23.1. The first-order valence-corrected chi connectivity index (χ1v) is 7.29. The number of nitrogens with one attached hydrogen (secondary N) is 2. The fourth-order valence-corrected chi connectivity index (χ4v) is 3.12. The monoisotopic (exact) mass is 287 g/mol. The summed E-state index contributed by atoms with van der Waals surface area (Å²) in [6.45, 7) is 2.18. The van der Waals surface area contributed by atoms with Gasteiger partial charge in [0.2, 0.25) is 5.91 Å². The molecular formula is C15H17N3O3. The largest absolute Gasteiger partial charge is 0.484 e. The Bertz CT molecular complexity index is 625. The van der Waals surface area contributed by atoms with Gasteiger partial charge in [-0.1, -0.05) is 6.07 Å². The summed E-state index contributed by atoms with van der Waals surface area (Å²) >= 11 is 0. The van der Waals surface area contributed by atoms with E-state index < -0.39 is 0 Å². The van der Waals surface area contributed by atoms with Gasteiger partial charge >= 0.3 is 6.03 Å². The van der Waals surface area contributed by atoms with Gasteiger partial charge in [0.25, 0.3) is 0 Å². The van der Waals surface area contributed by atoms with Crippen molar-refractivity contribution in [3.05, 3.63) is 23.8 Å². The number of ether oxygens (including phenoxy) is 1. The number of aryl methyl sites for hydroxylation is 1. The van der Waals surface area contributed by atoms with E-state index in [1.165, 1.54) is 5.56 Å². The van der Waals surface area contributed by atoms with Gasteiger partial charge < -0.3 is 10.1 Å². The number of imide groups is 1. The second-order valence-corrected chi connectivity index (χ2v) is 5.94. The number of fused-ring (bicyclic) bond motifs is 1. The number of anilines is 1. The van der Waals surface area contributed by atoms with Crippen LogP contribution in [-0.4, -0.2) is 37.2 Å². The summed E-state index contributed by atoms with van der Waals surface area (Å²) in [7, 11) is 0. The molecule has 3 amide bonds. The van der Waals surface area contributed by atoms with Gasteiger partial charge in [-0.15, -0.1) is 0 Å². The number of hydrogen-bond acceptors (Lipinski definition) is 4. The van der Waals surface area contributed by atoms with Gasteiger partial charge in [-0.25, -0.2) is 4.79 Å². The van der Waals surface area contributed by atoms with Gasteiger partial charge in [0.15, 0.2) is 0 Å². The highest BCUT2D eigenvalue weighted by atomic mass is 16.5. The molecule has 6 nitrogen and oxygen atoms in total. The number of nitrogens with zero attached hydrogens (tertiary/aromatic N) is 1. The average Bonchev–Trinajstić information content (AvgIpc) is 2.44. The van der Waals surface area contributed by atoms with Gasteiger partial charge in [-0.05, 0) is 24.5 Å². The Morgan fingerprint density at radius 3 is 2.76 bits per heavy atom. The molecule has 6 heteroatoms. The summed E-state index contributed by atoms with van der Waals surface area (Å²) in [6.07, 6.45) is 2.37. The van der Waals surface area contributed by atoms with Gasteiger partial charge in [-0.3, -0.25) is 15.0 Å². The fraction of sp³-hybridized carbons (Fsp3) is 0.467. The number of rotatable bonds is 1. The standard InChI is InChI=1S/C15H17N3O3/c19-13-4-6-18(14(20)17-13)11-2-1-10-3-5-15(8-16-9-15)21-12(10)7-11/h1-2,7,16H,3-6,8-9H2,(H,17,19,20). The van der Waals surface area contributed by atoms with Crippen LogP contribution in [0.15, 0.2) is 18.2 Å². The molecule has 1 spiro atoms. The third-order valence-corrected chi connectivity index (χ3v) is 4.49. The molecule has 0 aliphatic carbocycles.